The van der Waals surface area contributed by atoms with Crippen LogP contribution in [0.3, 0.4) is 0 Å². The predicted molar refractivity (Wildman–Crippen MR) is 120 cm³/mol. The van der Waals surface area contributed by atoms with Crippen LogP contribution in [0.25, 0.3) is 0 Å². The summed E-state index contributed by atoms with van der Waals surface area (Å²) >= 11 is 3.47. The number of rotatable bonds is 6. The first-order chi connectivity index (χ1) is 14.2. The van der Waals surface area contributed by atoms with Gasteiger partial charge in [0.1, 0.15) is 12.4 Å². The Morgan fingerprint density at radius 2 is 1.90 bits per heavy atom. The molecule has 30 heavy (non-hydrogen) atoms. The van der Waals surface area contributed by atoms with Gasteiger partial charge in [0.15, 0.2) is 0 Å². The molecule has 1 unspecified atom stereocenters. The van der Waals surface area contributed by atoms with E-state index in [9.17, 15) is 9.59 Å². The number of nitrogens with one attached hydrogen (secondary N) is 2. The van der Waals surface area contributed by atoms with Gasteiger partial charge in [-0.05, 0) is 85.9 Å². The first kappa shape index (κ1) is 22.3. The standard InChI is InChI=1S/C23H27BrN2O4/c1-23(2,3)26-22(28)15-6-4-7-17(12-15)25-21(27)16-9-10-20(19(24)13-16)30-14-18-8-5-11-29-18/h4,6-7,9-10,12-13,18H,5,8,11,14H2,1-3H3,(H,25,27)(H,26,28). The maximum absolute atomic E-state index is 12.7. The Labute approximate surface area is 185 Å². The predicted octanol–water partition coefficient (Wildman–Crippen LogP) is 4.79. The molecular formula is C23H27BrN2O4. The van der Waals surface area contributed by atoms with Crippen molar-refractivity contribution in [2.45, 2.75) is 45.3 Å². The number of amides is 2. The third kappa shape index (κ3) is 6.31. The van der Waals surface area contributed by atoms with E-state index in [0.717, 1.165) is 19.4 Å². The maximum Gasteiger partial charge on any atom is 0.255 e. The van der Waals surface area contributed by atoms with E-state index in [1.54, 1.807) is 42.5 Å². The van der Waals surface area contributed by atoms with E-state index in [1.807, 2.05) is 20.8 Å². The van der Waals surface area contributed by atoms with E-state index in [1.165, 1.54) is 0 Å². The molecule has 0 bridgehead atoms. The smallest absolute Gasteiger partial charge is 0.255 e. The summed E-state index contributed by atoms with van der Waals surface area (Å²) in [5.74, 6) is 0.215. The summed E-state index contributed by atoms with van der Waals surface area (Å²) in [6, 6.07) is 12.1. The molecule has 1 saturated heterocycles. The van der Waals surface area contributed by atoms with Gasteiger partial charge in [0.25, 0.3) is 11.8 Å². The van der Waals surface area contributed by atoms with E-state index in [2.05, 4.69) is 26.6 Å². The number of anilines is 1. The van der Waals surface area contributed by atoms with Gasteiger partial charge in [0.2, 0.25) is 0 Å². The lowest BCUT2D eigenvalue weighted by atomic mass is 10.1. The van der Waals surface area contributed by atoms with E-state index < -0.39 is 0 Å². The average molecular weight is 475 g/mol. The van der Waals surface area contributed by atoms with Gasteiger partial charge in [0.05, 0.1) is 10.6 Å². The lowest BCUT2D eigenvalue weighted by molar-refractivity contribution is 0.0677. The Balaban J connectivity index is 1.63. The molecule has 0 saturated carbocycles. The van der Waals surface area contributed by atoms with Crippen molar-refractivity contribution in [1.29, 1.82) is 0 Å². The molecule has 2 aromatic carbocycles. The zero-order valence-electron chi connectivity index (χ0n) is 17.5. The van der Waals surface area contributed by atoms with Gasteiger partial charge in [-0.3, -0.25) is 9.59 Å². The first-order valence-electron chi connectivity index (χ1n) is 9.99. The summed E-state index contributed by atoms with van der Waals surface area (Å²) in [6.07, 6.45) is 2.20. The molecule has 1 fully saturated rings. The molecule has 0 aliphatic carbocycles. The molecule has 1 aliphatic rings. The van der Waals surface area contributed by atoms with Gasteiger partial charge in [0, 0.05) is 29.0 Å². The van der Waals surface area contributed by atoms with E-state index in [4.69, 9.17) is 9.47 Å². The summed E-state index contributed by atoms with van der Waals surface area (Å²) in [5, 5.41) is 5.75. The fourth-order valence-corrected chi connectivity index (χ4v) is 3.57. The van der Waals surface area contributed by atoms with Crippen LogP contribution in [0.2, 0.25) is 0 Å². The number of ether oxygens (including phenoxy) is 2. The van der Waals surface area contributed by atoms with Gasteiger partial charge in [-0.25, -0.2) is 0 Å². The Morgan fingerprint density at radius 3 is 2.57 bits per heavy atom. The molecule has 0 radical (unpaired) electrons. The van der Waals surface area contributed by atoms with Crippen LogP contribution < -0.4 is 15.4 Å². The second kappa shape index (κ2) is 9.62. The van der Waals surface area contributed by atoms with Crippen LogP contribution in [0.5, 0.6) is 5.75 Å². The quantitative estimate of drug-likeness (QED) is 0.630. The average Bonchev–Trinajstić information content (AvgIpc) is 3.19. The maximum atomic E-state index is 12.7. The molecule has 6 nitrogen and oxygen atoms in total. The second-order valence-electron chi connectivity index (χ2n) is 8.33. The van der Waals surface area contributed by atoms with Crippen LogP contribution in [0.4, 0.5) is 5.69 Å². The number of halogens is 1. The summed E-state index contributed by atoms with van der Waals surface area (Å²) in [7, 11) is 0. The molecule has 160 valence electrons. The zero-order valence-corrected chi connectivity index (χ0v) is 19.0. The van der Waals surface area contributed by atoms with Crippen LogP contribution in [0, 0.1) is 0 Å². The normalized spacial score (nSPS) is 16.2. The van der Waals surface area contributed by atoms with E-state index >= 15 is 0 Å². The van der Waals surface area contributed by atoms with Gasteiger partial charge >= 0.3 is 0 Å². The summed E-state index contributed by atoms with van der Waals surface area (Å²) in [6.45, 7) is 7.04. The molecule has 1 atom stereocenters. The van der Waals surface area contributed by atoms with Crippen molar-refractivity contribution in [3.05, 3.63) is 58.1 Å². The molecule has 7 heteroatoms. The minimum absolute atomic E-state index is 0.127. The third-order valence-corrected chi connectivity index (χ3v) is 5.13. The third-order valence-electron chi connectivity index (χ3n) is 4.51. The molecule has 2 aromatic rings. The van der Waals surface area contributed by atoms with Crippen molar-refractivity contribution >= 4 is 33.4 Å². The minimum Gasteiger partial charge on any atom is -0.490 e. The highest BCUT2D eigenvalue weighted by atomic mass is 79.9. The molecular weight excluding hydrogens is 448 g/mol. The van der Waals surface area contributed by atoms with E-state index in [-0.39, 0.29) is 23.5 Å². The first-order valence-corrected chi connectivity index (χ1v) is 10.8. The lowest BCUT2D eigenvalue weighted by Crippen LogP contribution is -2.40. The van der Waals surface area contributed by atoms with Crippen molar-refractivity contribution in [2.75, 3.05) is 18.5 Å². The molecule has 0 spiro atoms. The number of hydrogen-bond donors (Lipinski definition) is 2. The number of carbonyl (C=O) groups excluding carboxylic acids is 2. The zero-order chi connectivity index (χ0) is 21.7. The highest BCUT2D eigenvalue weighted by molar-refractivity contribution is 9.10. The van der Waals surface area contributed by atoms with Gasteiger partial charge in [-0.15, -0.1) is 0 Å². The van der Waals surface area contributed by atoms with Gasteiger partial charge in [-0.2, -0.15) is 0 Å². The van der Waals surface area contributed by atoms with Gasteiger partial charge in [-0.1, -0.05) is 6.07 Å². The molecule has 2 amide bonds. The fourth-order valence-electron chi connectivity index (χ4n) is 3.07. The number of carbonyl (C=O) groups is 2. The monoisotopic (exact) mass is 474 g/mol. The van der Waals surface area contributed by atoms with Crippen LogP contribution in [0.1, 0.15) is 54.3 Å². The SMILES string of the molecule is CC(C)(C)NC(=O)c1cccc(NC(=O)c2ccc(OCC3CCCO3)c(Br)c2)c1. The summed E-state index contributed by atoms with van der Waals surface area (Å²) in [5.41, 5.74) is 1.19. The van der Waals surface area contributed by atoms with Crippen LogP contribution in [-0.4, -0.2) is 36.7 Å². The Kier molecular flexibility index (Phi) is 7.15. The van der Waals surface area contributed by atoms with Crippen molar-refractivity contribution in [1.82, 2.24) is 5.32 Å². The van der Waals surface area contributed by atoms with E-state index in [0.29, 0.717) is 33.6 Å². The Bertz CT molecular complexity index is 918. The topological polar surface area (TPSA) is 76.7 Å². The summed E-state index contributed by atoms with van der Waals surface area (Å²) < 4.78 is 12.1. The Hall–Kier alpha value is -2.38. The van der Waals surface area contributed by atoms with Crippen LogP contribution in [-0.2, 0) is 4.74 Å². The largest absolute Gasteiger partial charge is 0.490 e. The highest BCUT2D eigenvalue weighted by Crippen LogP contribution is 2.27. The van der Waals surface area contributed by atoms with Crippen molar-refractivity contribution in [3.63, 3.8) is 0 Å². The van der Waals surface area contributed by atoms with Crippen LogP contribution >= 0.6 is 15.9 Å². The lowest BCUT2D eigenvalue weighted by Gasteiger charge is -2.20. The fraction of sp³-hybridized carbons (Fsp3) is 0.391. The summed E-state index contributed by atoms with van der Waals surface area (Å²) in [4.78, 5) is 25.0. The molecule has 3 rings (SSSR count). The molecule has 2 N–H and O–H groups in total. The minimum atomic E-state index is -0.337. The number of hydrogen-bond acceptors (Lipinski definition) is 4. The second-order valence-corrected chi connectivity index (χ2v) is 9.18. The molecule has 1 heterocycles. The van der Waals surface area contributed by atoms with Crippen molar-refractivity contribution in [3.8, 4) is 5.75 Å². The highest BCUT2D eigenvalue weighted by Gasteiger charge is 2.18. The van der Waals surface area contributed by atoms with Crippen molar-refractivity contribution < 1.29 is 19.1 Å². The number of benzene rings is 2. The van der Waals surface area contributed by atoms with Gasteiger partial charge < -0.3 is 20.1 Å². The molecule has 1 aliphatic heterocycles. The van der Waals surface area contributed by atoms with Crippen LogP contribution in [0.15, 0.2) is 46.9 Å². The molecule has 0 aromatic heterocycles. The Morgan fingerprint density at radius 1 is 1.13 bits per heavy atom. The van der Waals surface area contributed by atoms with Crippen molar-refractivity contribution in [2.24, 2.45) is 0 Å².